The van der Waals surface area contributed by atoms with Crippen LogP contribution < -0.4 is 5.32 Å². The second kappa shape index (κ2) is 11.0. The number of sulfonamides is 1. The Bertz CT molecular complexity index is 1080. The quantitative estimate of drug-likeness (QED) is 0.429. The summed E-state index contributed by atoms with van der Waals surface area (Å²) in [6, 6.07) is 16.7. The Labute approximate surface area is 195 Å². The molecule has 2 N–H and O–H groups in total. The number of aliphatic hydroxyl groups excluding tert-OH is 1. The normalized spacial score (nSPS) is 12.9. The fourth-order valence-electron chi connectivity index (χ4n) is 3.45. The van der Waals surface area contributed by atoms with Gasteiger partial charge in [0, 0.05) is 31.1 Å². The number of hydrogen-bond acceptors (Lipinski definition) is 6. The first-order valence-corrected chi connectivity index (χ1v) is 13.1. The minimum atomic E-state index is -3.73. The van der Waals surface area contributed by atoms with Gasteiger partial charge in [-0.2, -0.15) is 4.31 Å². The van der Waals surface area contributed by atoms with Gasteiger partial charge in [0.1, 0.15) is 0 Å². The molecule has 1 atom stereocenters. The van der Waals surface area contributed by atoms with Gasteiger partial charge in [-0.15, -0.1) is 11.3 Å². The number of aliphatic hydroxyl groups is 1. The molecule has 6 nitrogen and oxygen atoms in total. The van der Waals surface area contributed by atoms with E-state index in [4.69, 9.17) is 0 Å². The van der Waals surface area contributed by atoms with Crippen LogP contribution in [0.4, 0.5) is 5.13 Å². The van der Waals surface area contributed by atoms with Crippen LogP contribution in [0, 0.1) is 5.92 Å². The van der Waals surface area contributed by atoms with E-state index in [9.17, 15) is 13.5 Å². The van der Waals surface area contributed by atoms with Crippen molar-refractivity contribution < 1.29 is 13.5 Å². The number of aryl methyl sites for hydroxylation is 1. The topological polar surface area (TPSA) is 82.5 Å². The lowest BCUT2D eigenvalue weighted by Gasteiger charge is -2.26. The van der Waals surface area contributed by atoms with Gasteiger partial charge in [-0.25, -0.2) is 13.4 Å². The van der Waals surface area contributed by atoms with E-state index in [1.54, 1.807) is 24.3 Å². The minimum Gasteiger partial charge on any atom is -0.392 e. The molecule has 32 heavy (non-hydrogen) atoms. The molecule has 0 saturated carbocycles. The predicted molar refractivity (Wildman–Crippen MR) is 131 cm³/mol. The molecular weight excluding hydrogens is 442 g/mol. The van der Waals surface area contributed by atoms with E-state index in [2.05, 4.69) is 10.3 Å². The fourth-order valence-corrected chi connectivity index (χ4v) is 5.77. The zero-order valence-corrected chi connectivity index (χ0v) is 20.4. The maximum absolute atomic E-state index is 13.4. The van der Waals surface area contributed by atoms with Gasteiger partial charge < -0.3 is 10.4 Å². The SMILES string of the molecule is CNc1nc(-c2ccc(S(=O)(=O)N(CC(C)C)CC(O)CCc3ccccc3)cc2)cs1. The standard InChI is InChI=1S/C24H31N3O3S2/c1-18(2)15-27(16-21(28)12-9-19-7-5-4-6-8-19)32(29,30)22-13-10-20(11-14-22)23-17-31-24(25-3)26-23/h4-8,10-11,13-14,17-18,21,28H,9,12,15-16H2,1-3H3,(H,25,26). The molecule has 1 aromatic heterocycles. The van der Waals surface area contributed by atoms with Gasteiger partial charge in [0.25, 0.3) is 0 Å². The average Bonchev–Trinajstić information content (AvgIpc) is 3.27. The Hall–Kier alpha value is -2.26. The largest absolute Gasteiger partial charge is 0.392 e. The highest BCUT2D eigenvalue weighted by Gasteiger charge is 2.27. The molecule has 0 radical (unpaired) electrons. The van der Waals surface area contributed by atoms with Gasteiger partial charge in [0.05, 0.1) is 16.7 Å². The van der Waals surface area contributed by atoms with Gasteiger partial charge in [-0.1, -0.05) is 56.3 Å². The summed E-state index contributed by atoms with van der Waals surface area (Å²) in [6.45, 7) is 4.38. The van der Waals surface area contributed by atoms with E-state index in [1.165, 1.54) is 15.6 Å². The van der Waals surface area contributed by atoms with Crippen molar-refractivity contribution >= 4 is 26.5 Å². The second-order valence-electron chi connectivity index (χ2n) is 8.21. The Morgan fingerprint density at radius 3 is 2.34 bits per heavy atom. The molecule has 3 rings (SSSR count). The maximum Gasteiger partial charge on any atom is 0.243 e. The summed E-state index contributed by atoms with van der Waals surface area (Å²) < 4.78 is 28.1. The first-order valence-electron chi connectivity index (χ1n) is 10.8. The average molecular weight is 474 g/mol. The number of benzene rings is 2. The molecule has 1 unspecified atom stereocenters. The predicted octanol–water partition coefficient (Wildman–Crippen LogP) is 4.49. The molecule has 2 aromatic carbocycles. The smallest absolute Gasteiger partial charge is 0.243 e. The van der Waals surface area contributed by atoms with Crippen LogP contribution in [0.15, 0.2) is 64.9 Å². The van der Waals surface area contributed by atoms with Crippen LogP contribution in [0.25, 0.3) is 11.3 Å². The Balaban J connectivity index is 1.73. The van der Waals surface area contributed by atoms with Gasteiger partial charge in [-0.05, 0) is 36.5 Å². The molecule has 3 aromatic rings. The molecule has 0 fully saturated rings. The van der Waals surface area contributed by atoms with Crippen molar-refractivity contribution in [2.45, 2.75) is 37.7 Å². The summed E-state index contributed by atoms with van der Waals surface area (Å²) in [5.41, 5.74) is 2.79. The molecule has 0 bridgehead atoms. The van der Waals surface area contributed by atoms with Gasteiger partial charge >= 0.3 is 0 Å². The Kier molecular flexibility index (Phi) is 8.42. The molecule has 0 aliphatic heterocycles. The lowest BCUT2D eigenvalue weighted by molar-refractivity contribution is 0.133. The van der Waals surface area contributed by atoms with E-state index in [0.29, 0.717) is 19.4 Å². The molecule has 0 saturated heterocycles. The molecule has 0 spiro atoms. The number of nitrogens with one attached hydrogen (secondary N) is 1. The van der Waals surface area contributed by atoms with Gasteiger partial charge in [0.2, 0.25) is 10.0 Å². The fraction of sp³-hybridized carbons (Fsp3) is 0.375. The molecule has 1 heterocycles. The highest BCUT2D eigenvalue weighted by molar-refractivity contribution is 7.89. The molecule has 172 valence electrons. The van der Waals surface area contributed by atoms with Crippen LogP contribution >= 0.6 is 11.3 Å². The number of rotatable bonds is 11. The van der Waals surface area contributed by atoms with E-state index in [1.807, 2.05) is 56.6 Å². The molecule has 0 amide bonds. The van der Waals surface area contributed by atoms with Crippen LogP contribution in [0.2, 0.25) is 0 Å². The monoisotopic (exact) mass is 473 g/mol. The Morgan fingerprint density at radius 1 is 1.06 bits per heavy atom. The third-order valence-corrected chi connectivity index (χ3v) is 7.80. The van der Waals surface area contributed by atoms with Crippen molar-refractivity contribution in [2.24, 2.45) is 5.92 Å². The number of hydrogen-bond donors (Lipinski definition) is 2. The summed E-state index contributed by atoms with van der Waals surface area (Å²) in [5.74, 6) is 0.139. The third-order valence-electron chi connectivity index (χ3n) is 5.10. The van der Waals surface area contributed by atoms with E-state index >= 15 is 0 Å². The number of thiazole rings is 1. The van der Waals surface area contributed by atoms with Crippen molar-refractivity contribution in [1.82, 2.24) is 9.29 Å². The van der Waals surface area contributed by atoms with Crippen molar-refractivity contribution in [3.8, 4) is 11.3 Å². The molecule has 0 aliphatic carbocycles. The highest BCUT2D eigenvalue weighted by atomic mass is 32.2. The number of anilines is 1. The molecule has 8 heteroatoms. The number of aromatic nitrogens is 1. The van der Waals surface area contributed by atoms with E-state index < -0.39 is 16.1 Å². The maximum atomic E-state index is 13.4. The zero-order valence-electron chi connectivity index (χ0n) is 18.7. The van der Waals surface area contributed by atoms with Crippen molar-refractivity contribution in [2.75, 3.05) is 25.5 Å². The minimum absolute atomic E-state index is 0.0761. The molecule has 0 aliphatic rings. The van der Waals surface area contributed by atoms with Gasteiger partial charge in [0.15, 0.2) is 5.13 Å². The van der Waals surface area contributed by atoms with Crippen LogP contribution in [0.3, 0.4) is 0 Å². The van der Waals surface area contributed by atoms with Crippen LogP contribution in [-0.4, -0.2) is 49.1 Å². The number of nitrogens with zero attached hydrogens (tertiary/aromatic N) is 2. The summed E-state index contributed by atoms with van der Waals surface area (Å²) in [7, 11) is -1.91. The lowest BCUT2D eigenvalue weighted by atomic mass is 10.1. The van der Waals surface area contributed by atoms with E-state index in [0.717, 1.165) is 22.0 Å². The van der Waals surface area contributed by atoms with Gasteiger partial charge in [-0.3, -0.25) is 0 Å². The van der Waals surface area contributed by atoms with Crippen molar-refractivity contribution in [3.05, 3.63) is 65.5 Å². The first-order chi connectivity index (χ1) is 15.3. The lowest BCUT2D eigenvalue weighted by Crippen LogP contribution is -2.40. The Morgan fingerprint density at radius 2 is 1.75 bits per heavy atom. The highest BCUT2D eigenvalue weighted by Crippen LogP contribution is 2.27. The second-order valence-corrected chi connectivity index (χ2v) is 11.0. The van der Waals surface area contributed by atoms with Crippen LogP contribution in [0.5, 0.6) is 0 Å². The third kappa shape index (κ3) is 6.38. The van der Waals surface area contributed by atoms with Crippen LogP contribution in [0.1, 0.15) is 25.8 Å². The van der Waals surface area contributed by atoms with Crippen LogP contribution in [-0.2, 0) is 16.4 Å². The summed E-state index contributed by atoms with van der Waals surface area (Å²) >= 11 is 1.50. The summed E-state index contributed by atoms with van der Waals surface area (Å²) in [6.07, 6.45) is 0.470. The van der Waals surface area contributed by atoms with E-state index in [-0.39, 0.29) is 17.4 Å². The zero-order chi connectivity index (χ0) is 23.1. The summed E-state index contributed by atoms with van der Waals surface area (Å²) in [4.78, 5) is 4.69. The first kappa shape index (κ1) is 24.4. The molecular formula is C24H31N3O3S2. The van der Waals surface area contributed by atoms with Crippen molar-refractivity contribution in [1.29, 1.82) is 0 Å². The van der Waals surface area contributed by atoms with Crippen molar-refractivity contribution in [3.63, 3.8) is 0 Å². The summed E-state index contributed by atoms with van der Waals surface area (Å²) in [5, 5.41) is 16.4.